The number of nitrogens with zero attached hydrogens (tertiary/aromatic N) is 1. The van der Waals surface area contributed by atoms with Gasteiger partial charge in [-0.05, 0) is 29.8 Å². The molecule has 1 aliphatic heterocycles. The maximum atomic E-state index is 11.8. The van der Waals surface area contributed by atoms with Gasteiger partial charge < -0.3 is 9.64 Å². The summed E-state index contributed by atoms with van der Waals surface area (Å²) in [5, 5.41) is 0.154. The van der Waals surface area contributed by atoms with E-state index in [1.165, 1.54) is 0 Å². The Morgan fingerprint density at radius 2 is 1.86 bits per heavy atom. The zero-order valence-electron chi connectivity index (χ0n) is 11.6. The second-order valence-electron chi connectivity index (χ2n) is 5.19. The van der Waals surface area contributed by atoms with E-state index >= 15 is 0 Å². The SMILES string of the molecule is O=C1CC(S)CN1Cc1cccc(Oc2ccccc2)c1. The van der Waals surface area contributed by atoms with Crippen LogP contribution in [-0.2, 0) is 11.3 Å². The van der Waals surface area contributed by atoms with Gasteiger partial charge in [0, 0.05) is 24.8 Å². The molecule has 1 unspecified atom stereocenters. The second-order valence-corrected chi connectivity index (χ2v) is 5.93. The normalized spacial score (nSPS) is 18.0. The van der Waals surface area contributed by atoms with Crippen LogP contribution in [0, 0.1) is 0 Å². The number of benzene rings is 2. The van der Waals surface area contributed by atoms with E-state index in [4.69, 9.17) is 4.74 Å². The number of hydrogen-bond acceptors (Lipinski definition) is 3. The topological polar surface area (TPSA) is 29.5 Å². The van der Waals surface area contributed by atoms with Gasteiger partial charge in [-0.3, -0.25) is 4.79 Å². The molecule has 0 spiro atoms. The average molecular weight is 299 g/mol. The molecule has 4 heteroatoms. The summed E-state index contributed by atoms with van der Waals surface area (Å²) < 4.78 is 5.81. The van der Waals surface area contributed by atoms with Crippen LogP contribution < -0.4 is 4.74 Å². The summed E-state index contributed by atoms with van der Waals surface area (Å²) in [5.74, 6) is 1.76. The van der Waals surface area contributed by atoms with Gasteiger partial charge in [-0.2, -0.15) is 12.6 Å². The number of hydrogen-bond donors (Lipinski definition) is 1. The molecule has 3 nitrogen and oxygen atoms in total. The van der Waals surface area contributed by atoms with Gasteiger partial charge in [-0.15, -0.1) is 0 Å². The number of thiol groups is 1. The molecule has 0 bridgehead atoms. The summed E-state index contributed by atoms with van der Waals surface area (Å²) in [5.41, 5.74) is 1.07. The van der Waals surface area contributed by atoms with Gasteiger partial charge in [0.05, 0.1) is 0 Å². The fourth-order valence-electron chi connectivity index (χ4n) is 2.46. The maximum Gasteiger partial charge on any atom is 0.224 e. The van der Waals surface area contributed by atoms with Crippen LogP contribution >= 0.6 is 12.6 Å². The third-order valence-corrected chi connectivity index (χ3v) is 3.79. The van der Waals surface area contributed by atoms with E-state index in [0.717, 1.165) is 17.1 Å². The van der Waals surface area contributed by atoms with Gasteiger partial charge in [0.25, 0.3) is 0 Å². The highest BCUT2D eigenvalue weighted by Gasteiger charge is 2.26. The Kier molecular flexibility index (Phi) is 4.15. The third kappa shape index (κ3) is 3.58. The summed E-state index contributed by atoms with van der Waals surface area (Å²) in [6, 6.07) is 17.5. The first-order valence-electron chi connectivity index (χ1n) is 6.98. The molecule has 0 radical (unpaired) electrons. The number of carbonyl (C=O) groups is 1. The fraction of sp³-hybridized carbons (Fsp3) is 0.235. The van der Waals surface area contributed by atoms with Crippen molar-refractivity contribution < 1.29 is 9.53 Å². The van der Waals surface area contributed by atoms with Gasteiger partial charge in [0.2, 0.25) is 5.91 Å². The Hall–Kier alpha value is -1.94. The van der Waals surface area contributed by atoms with Crippen LogP contribution in [0.15, 0.2) is 54.6 Å². The van der Waals surface area contributed by atoms with Crippen LogP contribution in [0.4, 0.5) is 0 Å². The fourth-order valence-corrected chi connectivity index (χ4v) is 2.81. The van der Waals surface area contributed by atoms with Crippen LogP contribution in [0.5, 0.6) is 11.5 Å². The van der Waals surface area contributed by atoms with Crippen molar-refractivity contribution in [3.63, 3.8) is 0 Å². The van der Waals surface area contributed by atoms with E-state index in [2.05, 4.69) is 12.6 Å². The van der Waals surface area contributed by atoms with E-state index in [-0.39, 0.29) is 11.2 Å². The van der Waals surface area contributed by atoms with E-state index < -0.39 is 0 Å². The molecular weight excluding hydrogens is 282 g/mol. The highest BCUT2D eigenvalue weighted by Crippen LogP contribution is 2.24. The highest BCUT2D eigenvalue weighted by molar-refractivity contribution is 7.81. The Labute approximate surface area is 129 Å². The van der Waals surface area contributed by atoms with Crippen LogP contribution in [0.1, 0.15) is 12.0 Å². The minimum absolute atomic E-state index is 0.154. The zero-order valence-corrected chi connectivity index (χ0v) is 12.5. The molecule has 0 aliphatic carbocycles. The third-order valence-electron chi connectivity index (χ3n) is 3.44. The summed E-state index contributed by atoms with van der Waals surface area (Å²) >= 11 is 4.38. The molecule has 1 atom stereocenters. The molecule has 2 aromatic carbocycles. The molecule has 21 heavy (non-hydrogen) atoms. The lowest BCUT2D eigenvalue weighted by molar-refractivity contribution is -0.128. The van der Waals surface area contributed by atoms with Crippen molar-refractivity contribution in [1.82, 2.24) is 4.90 Å². The number of amides is 1. The number of carbonyl (C=O) groups excluding carboxylic acids is 1. The van der Waals surface area contributed by atoms with Crippen LogP contribution in [-0.4, -0.2) is 22.6 Å². The molecule has 1 heterocycles. The predicted octanol–water partition coefficient (Wildman–Crippen LogP) is 3.51. The summed E-state index contributed by atoms with van der Waals surface area (Å²) in [4.78, 5) is 13.7. The molecule has 3 rings (SSSR count). The molecule has 1 saturated heterocycles. The quantitative estimate of drug-likeness (QED) is 0.876. The van der Waals surface area contributed by atoms with Crippen molar-refractivity contribution in [2.75, 3.05) is 6.54 Å². The van der Waals surface area contributed by atoms with E-state index in [1.54, 1.807) is 0 Å². The largest absolute Gasteiger partial charge is 0.457 e. The molecule has 0 N–H and O–H groups in total. The smallest absolute Gasteiger partial charge is 0.224 e. The molecular formula is C17H17NO2S. The molecule has 108 valence electrons. The first-order valence-corrected chi connectivity index (χ1v) is 7.50. The van der Waals surface area contributed by atoms with Crippen molar-refractivity contribution in [2.24, 2.45) is 0 Å². The van der Waals surface area contributed by atoms with Gasteiger partial charge >= 0.3 is 0 Å². The average Bonchev–Trinajstić information content (AvgIpc) is 2.78. The Morgan fingerprint density at radius 3 is 2.57 bits per heavy atom. The van der Waals surface area contributed by atoms with E-state index in [1.807, 2.05) is 59.5 Å². The minimum Gasteiger partial charge on any atom is -0.457 e. The number of para-hydroxylation sites is 1. The molecule has 1 aliphatic rings. The lowest BCUT2D eigenvalue weighted by Crippen LogP contribution is -2.24. The van der Waals surface area contributed by atoms with Gasteiger partial charge in [-0.25, -0.2) is 0 Å². The molecule has 0 saturated carbocycles. The van der Waals surface area contributed by atoms with E-state index in [9.17, 15) is 4.79 Å². The lowest BCUT2D eigenvalue weighted by atomic mass is 10.2. The van der Waals surface area contributed by atoms with Crippen molar-refractivity contribution in [1.29, 1.82) is 0 Å². The Morgan fingerprint density at radius 1 is 1.10 bits per heavy atom. The van der Waals surface area contributed by atoms with Crippen molar-refractivity contribution in [3.8, 4) is 11.5 Å². The zero-order chi connectivity index (χ0) is 14.7. The van der Waals surface area contributed by atoms with Crippen LogP contribution in [0.3, 0.4) is 0 Å². The van der Waals surface area contributed by atoms with Crippen molar-refractivity contribution >= 4 is 18.5 Å². The molecule has 1 fully saturated rings. The first kappa shape index (κ1) is 14.0. The number of rotatable bonds is 4. The molecule has 0 aromatic heterocycles. The second kappa shape index (κ2) is 6.22. The van der Waals surface area contributed by atoms with Crippen molar-refractivity contribution in [3.05, 3.63) is 60.2 Å². The number of likely N-dealkylation sites (tertiary alicyclic amines) is 1. The van der Waals surface area contributed by atoms with Crippen molar-refractivity contribution in [2.45, 2.75) is 18.2 Å². The minimum atomic E-state index is 0.154. The number of ether oxygens (including phenoxy) is 1. The Bertz CT molecular complexity index is 630. The predicted molar refractivity (Wildman–Crippen MR) is 85.8 cm³/mol. The van der Waals surface area contributed by atoms with Gasteiger partial charge in [0.15, 0.2) is 0 Å². The monoisotopic (exact) mass is 299 g/mol. The summed E-state index contributed by atoms with van der Waals surface area (Å²) in [7, 11) is 0. The maximum absolute atomic E-state index is 11.8. The van der Waals surface area contributed by atoms with Crippen LogP contribution in [0.25, 0.3) is 0 Å². The summed E-state index contributed by atoms with van der Waals surface area (Å²) in [6.07, 6.45) is 0.531. The molecule has 2 aromatic rings. The first-order chi connectivity index (χ1) is 10.2. The van der Waals surface area contributed by atoms with Crippen LogP contribution in [0.2, 0.25) is 0 Å². The highest BCUT2D eigenvalue weighted by atomic mass is 32.1. The summed E-state index contributed by atoms with van der Waals surface area (Å²) in [6.45, 7) is 1.33. The Balaban J connectivity index is 1.70. The van der Waals surface area contributed by atoms with Gasteiger partial charge in [0.1, 0.15) is 11.5 Å². The lowest BCUT2D eigenvalue weighted by Gasteiger charge is -2.16. The van der Waals surface area contributed by atoms with E-state index in [0.29, 0.717) is 19.5 Å². The van der Waals surface area contributed by atoms with Gasteiger partial charge in [-0.1, -0.05) is 30.3 Å². The molecule has 1 amide bonds. The standard InChI is InChI=1S/C17H17NO2S/c19-17-10-16(21)12-18(17)11-13-5-4-8-15(9-13)20-14-6-2-1-3-7-14/h1-9,16,21H,10-12H2.